The van der Waals surface area contributed by atoms with Crippen LogP contribution >= 0.6 is 0 Å². The van der Waals surface area contributed by atoms with E-state index in [4.69, 9.17) is 28.5 Å². The van der Waals surface area contributed by atoms with E-state index in [1.165, 1.54) is 0 Å². The summed E-state index contributed by atoms with van der Waals surface area (Å²) in [4.78, 5) is 30.3. The maximum Gasteiger partial charge on any atom is 0.528 e. The average Bonchev–Trinajstić information content (AvgIpc) is 2.87. The maximum atomic E-state index is 12.9. The molecule has 2 aromatic rings. The summed E-state index contributed by atoms with van der Waals surface area (Å²) in [6.07, 6.45) is 0.863. The predicted molar refractivity (Wildman–Crippen MR) is 139 cm³/mol. The molecule has 206 valence electrons. The number of benzene rings is 2. The Labute approximate surface area is 223 Å². The first-order valence-electron chi connectivity index (χ1n) is 13.2. The highest BCUT2D eigenvalue weighted by molar-refractivity contribution is 5.77. The molecular weight excluding hydrogens is 490 g/mol. The Bertz CT molecular complexity index is 1090. The Kier molecular flexibility index (Phi) is 9.12. The van der Waals surface area contributed by atoms with E-state index in [2.05, 4.69) is 0 Å². The van der Waals surface area contributed by atoms with Gasteiger partial charge in [0.05, 0.1) is 26.4 Å². The van der Waals surface area contributed by atoms with Gasteiger partial charge >= 0.3 is 12.1 Å². The fourth-order valence-electron chi connectivity index (χ4n) is 4.35. The zero-order valence-corrected chi connectivity index (χ0v) is 22.6. The minimum Gasteiger partial charge on any atom is -0.490 e. The highest BCUT2D eigenvalue weighted by Gasteiger charge is 2.27. The summed E-state index contributed by atoms with van der Waals surface area (Å²) >= 11 is 0. The third-order valence-corrected chi connectivity index (χ3v) is 6.16. The van der Waals surface area contributed by atoms with E-state index < -0.39 is 23.8 Å². The number of carbonyl (C=O) groups is 2. The van der Waals surface area contributed by atoms with Crippen LogP contribution in [0.15, 0.2) is 42.5 Å². The molecular formula is C29H37NO8. The third-order valence-electron chi connectivity index (χ3n) is 6.16. The van der Waals surface area contributed by atoms with Crippen molar-refractivity contribution in [3.05, 3.63) is 59.2 Å². The summed E-state index contributed by atoms with van der Waals surface area (Å²) in [7, 11) is 0. The smallest absolute Gasteiger partial charge is 0.490 e. The minimum atomic E-state index is -0.942. The molecule has 2 aromatic carbocycles. The van der Waals surface area contributed by atoms with Crippen molar-refractivity contribution in [1.82, 2.24) is 5.06 Å². The molecule has 0 bridgehead atoms. The Hall–Kier alpha value is -3.30. The highest BCUT2D eigenvalue weighted by Crippen LogP contribution is 2.30. The second kappa shape index (κ2) is 12.5. The van der Waals surface area contributed by atoms with Crippen LogP contribution in [0.1, 0.15) is 63.3 Å². The lowest BCUT2D eigenvalue weighted by Gasteiger charge is -2.29. The van der Waals surface area contributed by atoms with Crippen LogP contribution in [0.2, 0.25) is 0 Å². The van der Waals surface area contributed by atoms with E-state index in [9.17, 15) is 9.59 Å². The van der Waals surface area contributed by atoms with E-state index in [1.807, 2.05) is 42.5 Å². The fraction of sp³-hybridized carbons (Fsp3) is 0.517. The average molecular weight is 528 g/mol. The molecule has 1 fully saturated rings. The molecule has 0 amide bonds. The Morgan fingerprint density at radius 3 is 2.42 bits per heavy atom. The fourth-order valence-corrected chi connectivity index (χ4v) is 4.35. The van der Waals surface area contributed by atoms with E-state index >= 15 is 0 Å². The van der Waals surface area contributed by atoms with Gasteiger partial charge in [0.1, 0.15) is 23.2 Å². The van der Waals surface area contributed by atoms with Gasteiger partial charge in [-0.05, 0) is 69.5 Å². The van der Waals surface area contributed by atoms with Gasteiger partial charge in [-0.3, -0.25) is 0 Å². The lowest BCUT2D eigenvalue weighted by Crippen LogP contribution is -2.35. The van der Waals surface area contributed by atoms with Gasteiger partial charge in [-0.2, -0.15) is 0 Å². The molecule has 2 aliphatic rings. The lowest BCUT2D eigenvalue weighted by molar-refractivity contribution is -0.152. The molecule has 0 spiro atoms. The molecule has 0 aromatic heterocycles. The first kappa shape index (κ1) is 27.7. The third kappa shape index (κ3) is 7.85. The van der Waals surface area contributed by atoms with Gasteiger partial charge in [-0.15, -0.1) is 5.06 Å². The minimum absolute atomic E-state index is 0.126. The van der Waals surface area contributed by atoms with Crippen molar-refractivity contribution in [1.29, 1.82) is 0 Å². The van der Waals surface area contributed by atoms with Gasteiger partial charge in [0.2, 0.25) is 6.10 Å². The van der Waals surface area contributed by atoms with E-state index in [1.54, 1.807) is 32.8 Å². The van der Waals surface area contributed by atoms with Gasteiger partial charge < -0.3 is 28.5 Å². The first-order chi connectivity index (χ1) is 18.2. The Morgan fingerprint density at radius 1 is 1.03 bits per heavy atom. The lowest BCUT2D eigenvalue weighted by atomic mass is 10.0. The van der Waals surface area contributed by atoms with Gasteiger partial charge in [-0.25, -0.2) is 9.59 Å². The number of hydrogen-bond acceptors (Lipinski definition) is 9. The standard InChI is InChI=1S/C29H37NO8/c1-5-34-27(31)26(21-7-9-23(10-8-21)35-24-13-16-33-17-14-24)36-25-11-6-20-12-15-30(19-22(20)18-25)38-28(32)37-29(2,3)4/h6-11,18,24,26H,5,12-17,19H2,1-4H3. The Balaban J connectivity index is 1.44. The van der Waals surface area contributed by atoms with Gasteiger partial charge in [-0.1, -0.05) is 18.2 Å². The second-order valence-electron chi connectivity index (χ2n) is 10.3. The van der Waals surface area contributed by atoms with Crippen LogP contribution in [-0.4, -0.2) is 55.3 Å². The van der Waals surface area contributed by atoms with E-state index in [0.717, 1.165) is 29.7 Å². The van der Waals surface area contributed by atoms with Crippen LogP contribution in [-0.2, 0) is 36.8 Å². The van der Waals surface area contributed by atoms with Crippen molar-refractivity contribution in [2.24, 2.45) is 0 Å². The second-order valence-corrected chi connectivity index (χ2v) is 10.3. The summed E-state index contributed by atoms with van der Waals surface area (Å²) in [5.41, 5.74) is 2.10. The zero-order valence-electron chi connectivity index (χ0n) is 22.6. The van der Waals surface area contributed by atoms with Crippen LogP contribution in [0, 0.1) is 0 Å². The van der Waals surface area contributed by atoms with Crippen LogP contribution < -0.4 is 9.47 Å². The van der Waals surface area contributed by atoms with Crippen molar-refractivity contribution >= 4 is 12.1 Å². The molecule has 38 heavy (non-hydrogen) atoms. The quantitative estimate of drug-likeness (QED) is 0.432. The largest absolute Gasteiger partial charge is 0.528 e. The number of fused-ring (bicyclic) bond motifs is 1. The number of hydrogen-bond donors (Lipinski definition) is 0. The van der Waals surface area contributed by atoms with Crippen molar-refractivity contribution in [2.45, 2.75) is 71.3 Å². The first-order valence-corrected chi connectivity index (χ1v) is 13.2. The molecule has 2 aliphatic heterocycles. The van der Waals surface area contributed by atoms with E-state index in [0.29, 0.717) is 44.0 Å². The molecule has 1 unspecified atom stereocenters. The molecule has 4 rings (SSSR count). The number of rotatable bonds is 8. The molecule has 2 heterocycles. The molecule has 1 atom stereocenters. The van der Waals surface area contributed by atoms with E-state index in [-0.39, 0.29) is 12.7 Å². The van der Waals surface area contributed by atoms with Crippen molar-refractivity contribution < 1.29 is 38.1 Å². The monoisotopic (exact) mass is 527 g/mol. The summed E-state index contributed by atoms with van der Waals surface area (Å²) < 4.78 is 28.2. The van der Waals surface area contributed by atoms with Gasteiger partial charge in [0.15, 0.2) is 0 Å². The number of carbonyl (C=O) groups excluding carboxylic acids is 2. The summed E-state index contributed by atoms with van der Waals surface area (Å²) in [5, 5.41) is 1.57. The molecule has 9 heteroatoms. The number of esters is 1. The van der Waals surface area contributed by atoms with Crippen molar-refractivity contribution in [3.8, 4) is 11.5 Å². The molecule has 0 aliphatic carbocycles. The summed E-state index contributed by atoms with van der Waals surface area (Å²) in [5.74, 6) is 0.781. The molecule has 9 nitrogen and oxygen atoms in total. The zero-order chi connectivity index (χ0) is 27.1. The topological polar surface area (TPSA) is 92.8 Å². The van der Waals surface area contributed by atoms with Crippen LogP contribution in [0.5, 0.6) is 11.5 Å². The molecule has 0 radical (unpaired) electrons. The van der Waals surface area contributed by atoms with Crippen molar-refractivity contribution in [3.63, 3.8) is 0 Å². The van der Waals surface area contributed by atoms with Gasteiger partial charge in [0.25, 0.3) is 0 Å². The maximum absolute atomic E-state index is 12.9. The normalized spacial score (nSPS) is 17.2. The number of ether oxygens (including phenoxy) is 5. The highest BCUT2D eigenvalue weighted by atomic mass is 16.8. The van der Waals surface area contributed by atoms with Crippen LogP contribution in [0.4, 0.5) is 4.79 Å². The van der Waals surface area contributed by atoms with Gasteiger partial charge in [0, 0.05) is 24.9 Å². The summed E-state index contributed by atoms with van der Waals surface area (Å²) in [6, 6.07) is 13.0. The van der Waals surface area contributed by atoms with Crippen LogP contribution in [0.3, 0.4) is 0 Å². The SMILES string of the molecule is CCOC(=O)C(Oc1ccc2c(c1)CN(OC(=O)OC(C)(C)C)CC2)c1ccc(OC2CCOCC2)cc1. The molecule has 0 N–H and O–H groups in total. The predicted octanol–water partition coefficient (Wildman–Crippen LogP) is 5.15. The molecule has 1 saturated heterocycles. The van der Waals surface area contributed by atoms with Crippen molar-refractivity contribution in [2.75, 3.05) is 26.4 Å². The van der Waals surface area contributed by atoms with Crippen LogP contribution in [0.25, 0.3) is 0 Å². The summed E-state index contributed by atoms with van der Waals surface area (Å²) in [6.45, 7) is 9.71. The number of nitrogens with zero attached hydrogens (tertiary/aromatic N) is 1. The molecule has 0 saturated carbocycles. The number of hydroxylamine groups is 2. The Morgan fingerprint density at radius 2 is 1.74 bits per heavy atom.